The summed E-state index contributed by atoms with van der Waals surface area (Å²) >= 11 is 1.83. The predicted octanol–water partition coefficient (Wildman–Crippen LogP) is 4.39. The average Bonchev–Trinajstić information content (AvgIpc) is 2.56. The van der Waals surface area contributed by atoms with Gasteiger partial charge in [0.2, 0.25) is 5.91 Å². The highest BCUT2D eigenvalue weighted by Gasteiger charge is 2.27. The van der Waals surface area contributed by atoms with Gasteiger partial charge in [-0.15, -0.1) is 11.8 Å². The first-order chi connectivity index (χ1) is 10.6. The van der Waals surface area contributed by atoms with Gasteiger partial charge in [0.25, 0.3) is 0 Å². The third kappa shape index (κ3) is 4.50. The molecule has 114 valence electrons. The summed E-state index contributed by atoms with van der Waals surface area (Å²) in [7, 11) is 0. The van der Waals surface area contributed by atoms with Crippen LogP contribution < -0.4 is 5.32 Å². The van der Waals surface area contributed by atoms with Crippen LogP contribution in [0.5, 0.6) is 0 Å². The molecule has 0 saturated carbocycles. The lowest BCUT2D eigenvalue weighted by molar-refractivity contribution is -0.116. The fourth-order valence-electron chi connectivity index (χ4n) is 2.29. The summed E-state index contributed by atoms with van der Waals surface area (Å²) in [4.78, 5) is 12.6. The Labute approximate surface area is 136 Å². The minimum Gasteiger partial charge on any atom is -0.353 e. The van der Waals surface area contributed by atoms with Crippen LogP contribution in [0, 0.1) is 0 Å². The van der Waals surface area contributed by atoms with E-state index in [-0.39, 0.29) is 10.7 Å². The SMILES string of the molecule is C=CC(=O)NCCC(C)(Sc1ccccc1)c1ccccc1. The van der Waals surface area contributed by atoms with Gasteiger partial charge in [0.15, 0.2) is 0 Å². The number of carbonyl (C=O) groups is 1. The molecule has 3 heteroatoms. The summed E-state index contributed by atoms with van der Waals surface area (Å²) < 4.78 is -0.100. The first-order valence-electron chi connectivity index (χ1n) is 7.34. The Balaban J connectivity index is 2.16. The number of carbonyl (C=O) groups excluding carboxylic acids is 1. The second-order valence-electron chi connectivity index (χ2n) is 5.26. The number of rotatable bonds is 7. The number of hydrogen-bond donors (Lipinski definition) is 1. The van der Waals surface area contributed by atoms with E-state index in [9.17, 15) is 4.79 Å². The van der Waals surface area contributed by atoms with Crippen molar-refractivity contribution in [1.82, 2.24) is 5.32 Å². The van der Waals surface area contributed by atoms with Crippen molar-refractivity contribution < 1.29 is 4.79 Å². The van der Waals surface area contributed by atoms with Crippen molar-refractivity contribution in [1.29, 1.82) is 0 Å². The second-order valence-corrected chi connectivity index (χ2v) is 6.83. The van der Waals surface area contributed by atoms with Crippen LogP contribution in [0.15, 0.2) is 78.2 Å². The Kier molecular flexibility index (Phi) is 5.84. The number of benzene rings is 2. The molecule has 1 N–H and O–H groups in total. The van der Waals surface area contributed by atoms with Gasteiger partial charge in [-0.25, -0.2) is 0 Å². The largest absolute Gasteiger partial charge is 0.353 e. The van der Waals surface area contributed by atoms with Crippen LogP contribution in [-0.4, -0.2) is 12.5 Å². The molecule has 0 radical (unpaired) electrons. The third-order valence-electron chi connectivity index (χ3n) is 3.56. The van der Waals surface area contributed by atoms with Gasteiger partial charge in [-0.2, -0.15) is 0 Å². The number of nitrogens with one attached hydrogen (secondary N) is 1. The molecule has 0 aliphatic carbocycles. The third-order valence-corrected chi connectivity index (χ3v) is 4.96. The zero-order valence-electron chi connectivity index (χ0n) is 12.8. The molecule has 0 aliphatic heterocycles. The maximum absolute atomic E-state index is 11.4. The van der Waals surface area contributed by atoms with E-state index < -0.39 is 0 Å². The predicted molar refractivity (Wildman–Crippen MR) is 93.9 cm³/mol. The molecule has 0 saturated heterocycles. The van der Waals surface area contributed by atoms with Crippen molar-refractivity contribution >= 4 is 17.7 Å². The van der Waals surface area contributed by atoms with Gasteiger partial charge in [-0.1, -0.05) is 55.1 Å². The maximum Gasteiger partial charge on any atom is 0.243 e. The zero-order chi connectivity index (χ0) is 15.8. The molecule has 1 atom stereocenters. The highest BCUT2D eigenvalue weighted by molar-refractivity contribution is 8.00. The Morgan fingerprint density at radius 1 is 1.14 bits per heavy atom. The lowest BCUT2D eigenvalue weighted by Gasteiger charge is -2.30. The van der Waals surface area contributed by atoms with Crippen LogP contribution in [0.3, 0.4) is 0 Å². The molecular weight excluding hydrogens is 290 g/mol. The van der Waals surface area contributed by atoms with E-state index in [2.05, 4.69) is 55.2 Å². The Bertz CT molecular complexity index is 612. The summed E-state index contributed by atoms with van der Waals surface area (Å²) in [5.41, 5.74) is 1.26. The number of thioether (sulfide) groups is 1. The topological polar surface area (TPSA) is 29.1 Å². The van der Waals surface area contributed by atoms with E-state index >= 15 is 0 Å². The first-order valence-corrected chi connectivity index (χ1v) is 8.15. The van der Waals surface area contributed by atoms with Crippen LogP contribution in [0.4, 0.5) is 0 Å². The zero-order valence-corrected chi connectivity index (χ0v) is 13.6. The van der Waals surface area contributed by atoms with Gasteiger partial charge < -0.3 is 5.32 Å². The smallest absolute Gasteiger partial charge is 0.243 e. The standard InChI is InChI=1S/C19H21NOS/c1-3-18(21)20-15-14-19(2,16-10-6-4-7-11-16)22-17-12-8-5-9-13-17/h3-13H,1,14-15H2,2H3,(H,20,21). The summed E-state index contributed by atoms with van der Waals surface area (Å²) in [6.07, 6.45) is 2.15. The molecule has 0 fully saturated rings. The van der Waals surface area contributed by atoms with E-state index in [1.165, 1.54) is 16.5 Å². The van der Waals surface area contributed by atoms with Crippen LogP contribution in [0.25, 0.3) is 0 Å². The molecule has 2 nitrogen and oxygen atoms in total. The first kappa shape index (κ1) is 16.4. The molecule has 1 unspecified atom stereocenters. The van der Waals surface area contributed by atoms with Crippen LogP contribution in [-0.2, 0) is 9.54 Å². The molecule has 2 aromatic rings. The average molecular weight is 311 g/mol. The van der Waals surface area contributed by atoms with E-state index in [0.29, 0.717) is 6.54 Å². The molecule has 0 aliphatic rings. The van der Waals surface area contributed by atoms with Gasteiger partial charge in [0.05, 0.1) is 0 Å². The fourth-order valence-corrected chi connectivity index (χ4v) is 3.56. The minimum absolute atomic E-state index is 0.100. The van der Waals surface area contributed by atoms with E-state index in [0.717, 1.165) is 6.42 Å². The van der Waals surface area contributed by atoms with Crippen molar-refractivity contribution in [3.63, 3.8) is 0 Å². The summed E-state index contributed by atoms with van der Waals surface area (Å²) in [6.45, 7) is 6.33. The van der Waals surface area contributed by atoms with E-state index in [1.807, 2.05) is 36.0 Å². The molecule has 22 heavy (non-hydrogen) atoms. The van der Waals surface area contributed by atoms with Gasteiger partial charge in [0.1, 0.15) is 0 Å². The lowest BCUT2D eigenvalue weighted by Crippen LogP contribution is -2.28. The van der Waals surface area contributed by atoms with Gasteiger partial charge in [0, 0.05) is 16.2 Å². The molecule has 0 spiro atoms. The highest BCUT2D eigenvalue weighted by atomic mass is 32.2. The van der Waals surface area contributed by atoms with Crippen LogP contribution >= 0.6 is 11.8 Å². The number of amides is 1. The van der Waals surface area contributed by atoms with Crippen LogP contribution in [0.1, 0.15) is 18.9 Å². The Hall–Kier alpha value is -2.00. The molecule has 2 aromatic carbocycles. The molecule has 0 bridgehead atoms. The fraction of sp³-hybridized carbons (Fsp3) is 0.211. The second kappa shape index (κ2) is 7.85. The van der Waals surface area contributed by atoms with Gasteiger partial charge in [-0.3, -0.25) is 4.79 Å². The summed E-state index contributed by atoms with van der Waals surface area (Å²) in [6, 6.07) is 20.8. The highest BCUT2D eigenvalue weighted by Crippen LogP contribution is 2.43. The molecule has 0 heterocycles. The maximum atomic E-state index is 11.4. The Morgan fingerprint density at radius 3 is 2.32 bits per heavy atom. The van der Waals surface area contributed by atoms with Crippen molar-refractivity contribution in [3.05, 3.63) is 78.9 Å². The van der Waals surface area contributed by atoms with Crippen molar-refractivity contribution in [3.8, 4) is 0 Å². The molecular formula is C19H21NOS. The van der Waals surface area contributed by atoms with E-state index in [1.54, 1.807) is 0 Å². The minimum atomic E-state index is -0.125. The lowest BCUT2D eigenvalue weighted by atomic mass is 9.96. The monoisotopic (exact) mass is 311 g/mol. The van der Waals surface area contributed by atoms with Crippen molar-refractivity contribution in [2.24, 2.45) is 0 Å². The summed E-state index contributed by atoms with van der Waals surface area (Å²) in [5.74, 6) is -0.125. The molecule has 2 rings (SSSR count). The van der Waals surface area contributed by atoms with Gasteiger partial charge >= 0.3 is 0 Å². The van der Waals surface area contributed by atoms with Gasteiger partial charge in [-0.05, 0) is 37.1 Å². The Morgan fingerprint density at radius 2 is 1.73 bits per heavy atom. The van der Waals surface area contributed by atoms with E-state index in [4.69, 9.17) is 0 Å². The van der Waals surface area contributed by atoms with Crippen LogP contribution in [0.2, 0.25) is 0 Å². The van der Waals surface area contributed by atoms with Crippen molar-refractivity contribution in [2.45, 2.75) is 23.0 Å². The molecule has 1 amide bonds. The normalized spacial score (nSPS) is 13.1. The number of hydrogen-bond acceptors (Lipinski definition) is 2. The quantitative estimate of drug-likeness (QED) is 0.607. The molecule has 0 aromatic heterocycles. The summed E-state index contributed by atoms with van der Waals surface area (Å²) in [5, 5.41) is 2.87. The van der Waals surface area contributed by atoms with Crippen molar-refractivity contribution in [2.75, 3.05) is 6.54 Å².